The number of aliphatic carboxylic acids is 1. The first-order valence-electron chi connectivity index (χ1n) is 3.72. The number of carboxylic acid groups (broad SMARTS) is 1. The third-order valence-corrected chi connectivity index (χ3v) is 2.07. The van der Waals surface area contributed by atoms with Gasteiger partial charge in [0.15, 0.2) is 0 Å². The van der Waals surface area contributed by atoms with Gasteiger partial charge in [0.05, 0.1) is 6.10 Å². The average Bonchev–Trinajstić information content (AvgIpc) is 2.46. The molecule has 0 aliphatic carbocycles. The Balaban J connectivity index is 2.62. The maximum absolute atomic E-state index is 10.6. The van der Waals surface area contributed by atoms with E-state index in [-0.39, 0.29) is 6.10 Å². The molecule has 12 heavy (non-hydrogen) atoms. The summed E-state index contributed by atoms with van der Waals surface area (Å²) in [5.74, 6) is -0.901. The van der Waals surface area contributed by atoms with Crippen LogP contribution in [-0.4, -0.2) is 50.1 Å². The fourth-order valence-corrected chi connectivity index (χ4v) is 1.42. The van der Waals surface area contributed by atoms with Gasteiger partial charge in [0, 0.05) is 20.8 Å². The molecule has 0 radical (unpaired) electrons. The lowest BCUT2D eigenvalue weighted by Crippen LogP contribution is -2.41. The van der Waals surface area contributed by atoms with Gasteiger partial charge >= 0.3 is 5.97 Å². The van der Waals surface area contributed by atoms with Gasteiger partial charge in [-0.25, -0.2) is 0 Å². The third-order valence-electron chi connectivity index (χ3n) is 2.07. The van der Waals surface area contributed by atoms with Gasteiger partial charge in [0.1, 0.15) is 12.1 Å². The standard InChI is InChI=1S/C7H13NO4/c1-11-4-3-8-5(7(9)10)6(4)12-2/h4-6,8H,3H2,1-2H3,(H,9,10)/t4?,5-,6?/m0/s1. The summed E-state index contributed by atoms with van der Waals surface area (Å²) in [6, 6.07) is -0.653. The molecule has 3 atom stereocenters. The number of rotatable bonds is 3. The molecule has 1 heterocycles. The van der Waals surface area contributed by atoms with Gasteiger partial charge in [-0.3, -0.25) is 10.1 Å². The van der Waals surface area contributed by atoms with Gasteiger partial charge in [0.2, 0.25) is 0 Å². The van der Waals surface area contributed by atoms with Gasteiger partial charge in [-0.1, -0.05) is 0 Å². The van der Waals surface area contributed by atoms with Crippen LogP contribution in [0.25, 0.3) is 0 Å². The number of ether oxygens (including phenoxy) is 2. The molecule has 5 nitrogen and oxygen atoms in total. The Bertz CT molecular complexity index is 173. The van der Waals surface area contributed by atoms with Crippen molar-refractivity contribution in [3.05, 3.63) is 0 Å². The molecule has 1 saturated heterocycles. The molecule has 2 N–H and O–H groups in total. The molecule has 0 aromatic rings. The summed E-state index contributed by atoms with van der Waals surface area (Å²) in [6.07, 6.45) is -0.566. The van der Waals surface area contributed by atoms with Crippen LogP contribution in [0.3, 0.4) is 0 Å². The molecule has 0 bridgehead atoms. The van der Waals surface area contributed by atoms with Crippen LogP contribution in [0, 0.1) is 0 Å². The van der Waals surface area contributed by atoms with E-state index in [1.165, 1.54) is 7.11 Å². The van der Waals surface area contributed by atoms with Crippen LogP contribution in [-0.2, 0) is 14.3 Å². The minimum atomic E-state index is -0.901. The first-order valence-corrected chi connectivity index (χ1v) is 3.72. The largest absolute Gasteiger partial charge is 0.480 e. The summed E-state index contributed by atoms with van der Waals surface area (Å²) < 4.78 is 10.1. The third kappa shape index (κ3) is 1.57. The fourth-order valence-electron chi connectivity index (χ4n) is 1.42. The van der Waals surface area contributed by atoms with Crippen molar-refractivity contribution in [2.24, 2.45) is 0 Å². The molecule has 1 aliphatic heterocycles. The van der Waals surface area contributed by atoms with Gasteiger partial charge in [-0.05, 0) is 0 Å². The molecule has 0 spiro atoms. The Morgan fingerprint density at radius 3 is 2.58 bits per heavy atom. The van der Waals surface area contributed by atoms with Crippen LogP contribution < -0.4 is 5.32 Å². The van der Waals surface area contributed by atoms with Crippen LogP contribution >= 0.6 is 0 Å². The summed E-state index contributed by atoms with van der Waals surface area (Å²) in [6.45, 7) is 0.520. The number of methoxy groups -OCH3 is 2. The predicted octanol–water partition coefficient (Wildman–Crippen LogP) is -0.927. The second-order valence-corrected chi connectivity index (χ2v) is 2.70. The van der Waals surface area contributed by atoms with Gasteiger partial charge in [-0.15, -0.1) is 0 Å². The van der Waals surface area contributed by atoms with Gasteiger partial charge in [0.25, 0.3) is 0 Å². The van der Waals surface area contributed by atoms with Crippen molar-refractivity contribution in [1.82, 2.24) is 5.32 Å². The maximum atomic E-state index is 10.6. The summed E-state index contributed by atoms with van der Waals surface area (Å²) in [5.41, 5.74) is 0. The Labute approximate surface area is 70.7 Å². The zero-order valence-electron chi connectivity index (χ0n) is 7.11. The Hall–Kier alpha value is -0.650. The fraction of sp³-hybridized carbons (Fsp3) is 0.857. The Morgan fingerprint density at radius 2 is 2.17 bits per heavy atom. The normalized spacial score (nSPS) is 35.3. The van der Waals surface area contributed by atoms with E-state index in [4.69, 9.17) is 14.6 Å². The molecule has 5 heteroatoms. The molecule has 2 unspecified atom stereocenters. The van der Waals surface area contributed by atoms with E-state index in [1.54, 1.807) is 7.11 Å². The van der Waals surface area contributed by atoms with E-state index >= 15 is 0 Å². The summed E-state index contributed by atoms with van der Waals surface area (Å²) in [7, 11) is 3.03. The highest BCUT2D eigenvalue weighted by atomic mass is 16.5. The van der Waals surface area contributed by atoms with Crippen LogP contribution in [0.2, 0.25) is 0 Å². The van der Waals surface area contributed by atoms with E-state index in [9.17, 15) is 4.79 Å². The topological polar surface area (TPSA) is 67.8 Å². The number of nitrogens with one attached hydrogen (secondary N) is 1. The van der Waals surface area contributed by atoms with Crippen LogP contribution in [0.5, 0.6) is 0 Å². The van der Waals surface area contributed by atoms with E-state index in [1.807, 2.05) is 0 Å². The van der Waals surface area contributed by atoms with Crippen LogP contribution in [0.1, 0.15) is 0 Å². The monoisotopic (exact) mass is 175 g/mol. The lowest BCUT2D eigenvalue weighted by atomic mass is 10.1. The minimum Gasteiger partial charge on any atom is -0.480 e. The molecule has 1 fully saturated rings. The molecule has 0 saturated carbocycles. The highest BCUT2D eigenvalue weighted by Crippen LogP contribution is 2.14. The molecule has 0 aromatic heterocycles. The highest BCUT2D eigenvalue weighted by molar-refractivity contribution is 5.75. The lowest BCUT2D eigenvalue weighted by Gasteiger charge is -2.18. The van der Waals surface area contributed by atoms with Crippen molar-refractivity contribution >= 4 is 5.97 Å². The van der Waals surface area contributed by atoms with E-state index in [0.29, 0.717) is 6.54 Å². The molecular formula is C7H13NO4. The Kier molecular flexibility index (Phi) is 3.02. The van der Waals surface area contributed by atoms with Gasteiger partial charge < -0.3 is 14.6 Å². The quantitative estimate of drug-likeness (QED) is 0.580. The first kappa shape index (κ1) is 9.44. The van der Waals surface area contributed by atoms with Crippen LogP contribution in [0.4, 0.5) is 0 Å². The number of carboxylic acids is 1. The summed E-state index contributed by atoms with van der Waals surface area (Å²) in [4.78, 5) is 10.6. The molecule has 1 rings (SSSR count). The SMILES string of the molecule is COC1CN[C@H](C(=O)O)C1OC. The minimum absolute atomic E-state index is 0.170. The van der Waals surface area contributed by atoms with Gasteiger partial charge in [-0.2, -0.15) is 0 Å². The average molecular weight is 175 g/mol. The highest BCUT2D eigenvalue weighted by Gasteiger charge is 2.40. The molecule has 1 aliphatic rings. The van der Waals surface area contributed by atoms with Crippen LogP contribution in [0.15, 0.2) is 0 Å². The predicted molar refractivity (Wildman–Crippen MR) is 41.0 cm³/mol. The zero-order chi connectivity index (χ0) is 9.14. The van der Waals surface area contributed by atoms with E-state index in [2.05, 4.69) is 5.32 Å². The van der Waals surface area contributed by atoms with E-state index in [0.717, 1.165) is 0 Å². The van der Waals surface area contributed by atoms with Crippen molar-refractivity contribution in [3.63, 3.8) is 0 Å². The zero-order valence-corrected chi connectivity index (χ0v) is 7.11. The maximum Gasteiger partial charge on any atom is 0.323 e. The first-order chi connectivity index (χ1) is 5.70. The summed E-state index contributed by atoms with van der Waals surface area (Å²) >= 11 is 0. The number of carbonyl (C=O) groups is 1. The second-order valence-electron chi connectivity index (χ2n) is 2.70. The van der Waals surface area contributed by atoms with E-state index < -0.39 is 18.1 Å². The van der Waals surface area contributed by atoms with Crippen molar-refractivity contribution in [2.75, 3.05) is 20.8 Å². The van der Waals surface area contributed by atoms with Crippen molar-refractivity contribution in [3.8, 4) is 0 Å². The molecular weight excluding hydrogens is 162 g/mol. The lowest BCUT2D eigenvalue weighted by molar-refractivity contribution is -0.143. The van der Waals surface area contributed by atoms with Crippen molar-refractivity contribution in [1.29, 1.82) is 0 Å². The van der Waals surface area contributed by atoms with Crippen molar-refractivity contribution in [2.45, 2.75) is 18.2 Å². The Morgan fingerprint density at radius 1 is 1.50 bits per heavy atom. The summed E-state index contributed by atoms with van der Waals surface area (Å²) in [5, 5.41) is 11.5. The number of hydrogen-bond donors (Lipinski definition) is 2. The van der Waals surface area contributed by atoms with Crippen molar-refractivity contribution < 1.29 is 19.4 Å². The molecule has 70 valence electrons. The number of hydrogen-bond acceptors (Lipinski definition) is 4. The smallest absolute Gasteiger partial charge is 0.323 e. The second kappa shape index (κ2) is 3.84. The molecule has 0 amide bonds. The molecule has 0 aromatic carbocycles.